The molecule has 0 aliphatic heterocycles. The minimum Gasteiger partial charge on any atom is -0.507 e. The largest absolute Gasteiger partial charge is 0.507 e. The molecule has 0 atom stereocenters. The van der Waals surface area contributed by atoms with E-state index in [1.807, 2.05) is 0 Å². The van der Waals surface area contributed by atoms with Crippen LogP contribution in [0.1, 0.15) is 62.3 Å². The summed E-state index contributed by atoms with van der Waals surface area (Å²) in [5, 5.41) is 39.6. The molecule has 2 aromatic heterocycles. The minimum absolute atomic E-state index is 0.0316. The highest BCUT2D eigenvalue weighted by atomic mass is 35.7. The summed E-state index contributed by atoms with van der Waals surface area (Å²) in [6.07, 6.45) is 0.619. The molecule has 0 spiro atoms. The van der Waals surface area contributed by atoms with Gasteiger partial charge in [0.15, 0.2) is 16.0 Å². The van der Waals surface area contributed by atoms with Crippen molar-refractivity contribution in [3.63, 3.8) is 0 Å². The Balaban J connectivity index is 0.000000360. The fraction of sp³-hybridized carbons (Fsp3) is 0.353. The summed E-state index contributed by atoms with van der Waals surface area (Å²) in [5.74, 6) is -2.63. The molecule has 0 fully saturated rings. The van der Waals surface area contributed by atoms with Gasteiger partial charge >= 0.3 is 32.3 Å². The number of aromatic hydroxyl groups is 1. The number of hydrogen-bond donors (Lipinski definition) is 5. The van der Waals surface area contributed by atoms with Gasteiger partial charge in [-0.1, -0.05) is 24.3 Å². The van der Waals surface area contributed by atoms with E-state index in [-0.39, 0.29) is 61.7 Å². The number of thiazole rings is 2. The third-order valence-corrected chi connectivity index (χ3v) is 10.3. The van der Waals surface area contributed by atoms with E-state index in [4.69, 9.17) is 24.3 Å². The molecule has 0 aliphatic rings. The topological polar surface area (TPSA) is 345 Å². The first kappa shape index (κ1) is 52.9. The molecule has 0 radical (unpaired) electrons. The molecule has 4 aromatic rings. The van der Waals surface area contributed by atoms with E-state index in [1.165, 1.54) is 36.4 Å². The van der Waals surface area contributed by atoms with E-state index in [1.54, 1.807) is 53.7 Å². The maximum Gasteiger partial charge on any atom is 0.407 e. The number of carbonyl (C=O) groups excluding carboxylic acids is 4. The molecule has 2 aromatic carbocycles. The number of anilines is 2. The molecule has 0 saturated carbocycles. The van der Waals surface area contributed by atoms with Crippen LogP contribution in [0.5, 0.6) is 11.5 Å². The van der Waals surface area contributed by atoms with E-state index in [2.05, 4.69) is 31.2 Å². The monoisotopic (exact) mass is 980 g/mol. The normalized spacial score (nSPS) is 11.2. The van der Waals surface area contributed by atoms with Crippen molar-refractivity contribution in [2.45, 2.75) is 52.7 Å². The quantitative estimate of drug-likeness (QED) is 0.0442. The molecule has 2 heterocycles. The molecular weight excluding hydrogens is 940 g/mol. The summed E-state index contributed by atoms with van der Waals surface area (Å²) in [4.78, 5) is 74.1. The number of benzene rings is 2. The lowest BCUT2D eigenvalue weighted by Crippen LogP contribution is -2.35. The number of ether oxygens (including phenoxy) is 2. The van der Waals surface area contributed by atoms with Gasteiger partial charge in [-0.2, -0.15) is 8.42 Å². The number of aromatic nitrogens is 2. The van der Waals surface area contributed by atoms with Crippen LogP contribution in [-0.4, -0.2) is 102 Å². The molecule has 24 nitrogen and oxygen atoms in total. The molecule has 0 saturated heterocycles. The second-order valence-corrected chi connectivity index (χ2v) is 20.5. The number of nitro groups is 2. The number of rotatable bonds is 14. The van der Waals surface area contributed by atoms with Crippen LogP contribution in [0.2, 0.25) is 0 Å². The maximum atomic E-state index is 12.5. The summed E-state index contributed by atoms with van der Waals surface area (Å²) < 4.78 is 60.3. The van der Waals surface area contributed by atoms with Crippen molar-refractivity contribution in [2.24, 2.45) is 0 Å². The van der Waals surface area contributed by atoms with E-state index in [0.29, 0.717) is 11.3 Å². The van der Waals surface area contributed by atoms with Crippen molar-refractivity contribution in [3.05, 3.63) is 92.3 Å². The van der Waals surface area contributed by atoms with Gasteiger partial charge in [0, 0.05) is 23.8 Å². The summed E-state index contributed by atoms with van der Waals surface area (Å²) >= 11 is 1.39. The van der Waals surface area contributed by atoms with Gasteiger partial charge in [-0.3, -0.25) is 40.5 Å². The van der Waals surface area contributed by atoms with Crippen LogP contribution in [-0.2, 0) is 28.6 Å². The molecule has 0 bridgehead atoms. The van der Waals surface area contributed by atoms with Gasteiger partial charge in [0.25, 0.3) is 11.8 Å². The van der Waals surface area contributed by atoms with Crippen LogP contribution < -0.4 is 25.5 Å². The molecule has 5 N–H and O–H groups in total. The molecule has 344 valence electrons. The number of phenols is 1. The average Bonchev–Trinajstić information content (AvgIpc) is 3.81. The Hall–Kier alpha value is -6.23. The second-order valence-electron chi connectivity index (χ2n) is 13.9. The van der Waals surface area contributed by atoms with Gasteiger partial charge in [-0.25, -0.2) is 28.0 Å². The number of halogens is 1. The summed E-state index contributed by atoms with van der Waals surface area (Å²) in [6.45, 7) is 9.81. The number of hydrogen-bond acceptors (Lipinski definition) is 20. The number of amides is 4. The highest BCUT2D eigenvalue weighted by molar-refractivity contribution is 8.13. The first-order valence-corrected chi connectivity index (χ1v) is 23.2. The fourth-order valence-corrected chi connectivity index (χ4v) is 6.58. The Kier molecular flexibility index (Phi) is 19.6. The predicted octanol–water partition coefficient (Wildman–Crippen LogP) is 5.63. The van der Waals surface area contributed by atoms with Crippen molar-refractivity contribution in [1.82, 2.24) is 20.6 Å². The Labute approximate surface area is 372 Å². The Morgan fingerprint density at radius 3 is 1.54 bits per heavy atom. The maximum absolute atomic E-state index is 12.5. The molecule has 4 amide bonds. The molecule has 4 rings (SSSR count). The Bertz CT molecular complexity index is 2480. The third kappa shape index (κ3) is 21.4. The first-order chi connectivity index (χ1) is 29.0. The fourth-order valence-electron chi connectivity index (χ4n) is 3.90. The average molecular weight is 981 g/mol. The second kappa shape index (κ2) is 23.3. The molecular formula is C34H41ClN8O16S4. The van der Waals surface area contributed by atoms with Crippen molar-refractivity contribution in [3.8, 4) is 11.5 Å². The van der Waals surface area contributed by atoms with E-state index >= 15 is 0 Å². The van der Waals surface area contributed by atoms with Crippen molar-refractivity contribution in [1.29, 1.82) is 0 Å². The number of carbonyl (C=O) groups is 4. The van der Waals surface area contributed by atoms with Gasteiger partial charge in [-0.15, -0.1) is 0 Å². The summed E-state index contributed by atoms with van der Waals surface area (Å²) in [5.41, 5.74) is -1.37. The number of nitrogens with zero attached hydrogens (tertiary/aromatic N) is 4. The molecule has 0 aliphatic carbocycles. The number of phenolic OH excluding ortho intramolecular Hbond substituents is 1. The SMILES string of the molecule is CC(C)(C)OC(=O)NCCS(=O)(=O)Cl.CC(C)(C)OC(=O)NCCS(=O)(=O)Oc1ccccc1C(=O)Nc1ncc([N+](=O)[O-])s1.O=C(Nc1ncc([N+](=O)[O-])s1)c1ccccc1O. The zero-order valence-corrected chi connectivity index (χ0v) is 38.0. The van der Waals surface area contributed by atoms with Gasteiger partial charge in [-0.05, 0) is 88.5 Å². The summed E-state index contributed by atoms with van der Waals surface area (Å²) in [6, 6.07) is 11.5. The van der Waals surface area contributed by atoms with Gasteiger partial charge in [0.1, 0.15) is 35.1 Å². The first-order valence-electron chi connectivity index (χ1n) is 17.5. The lowest BCUT2D eigenvalue weighted by Gasteiger charge is -2.19. The molecule has 0 unspecified atom stereocenters. The highest BCUT2D eigenvalue weighted by Gasteiger charge is 2.23. The van der Waals surface area contributed by atoms with Crippen LogP contribution in [0.4, 0.5) is 29.9 Å². The number of alkyl carbamates (subject to hydrolysis) is 2. The van der Waals surface area contributed by atoms with E-state index in [0.717, 1.165) is 23.7 Å². The Morgan fingerprint density at radius 1 is 0.714 bits per heavy atom. The zero-order chi connectivity index (χ0) is 47.8. The van der Waals surface area contributed by atoms with Gasteiger partial charge in [0.2, 0.25) is 9.05 Å². The minimum atomic E-state index is -4.16. The predicted molar refractivity (Wildman–Crippen MR) is 231 cm³/mol. The van der Waals surface area contributed by atoms with Crippen LogP contribution in [0.3, 0.4) is 0 Å². The number of para-hydroxylation sites is 2. The van der Waals surface area contributed by atoms with Crippen LogP contribution in [0.15, 0.2) is 60.9 Å². The van der Waals surface area contributed by atoms with Crippen LogP contribution in [0, 0.1) is 20.2 Å². The van der Waals surface area contributed by atoms with Crippen LogP contribution in [0.25, 0.3) is 0 Å². The zero-order valence-electron chi connectivity index (χ0n) is 34.0. The van der Waals surface area contributed by atoms with E-state index in [9.17, 15) is 61.3 Å². The molecule has 29 heteroatoms. The van der Waals surface area contributed by atoms with Crippen molar-refractivity contribution < 1.29 is 64.6 Å². The lowest BCUT2D eigenvalue weighted by atomic mass is 10.2. The van der Waals surface area contributed by atoms with Gasteiger partial charge in [0.05, 0.1) is 26.7 Å². The summed E-state index contributed by atoms with van der Waals surface area (Å²) in [7, 11) is -2.79. The Morgan fingerprint density at radius 2 is 1.13 bits per heavy atom. The van der Waals surface area contributed by atoms with E-state index < -0.39 is 70.0 Å². The lowest BCUT2D eigenvalue weighted by molar-refractivity contribution is -0.380. The van der Waals surface area contributed by atoms with Crippen LogP contribution >= 0.6 is 33.4 Å². The van der Waals surface area contributed by atoms with Gasteiger partial charge < -0.3 is 29.4 Å². The molecule has 63 heavy (non-hydrogen) atoms. The van der Waals surface area contributed by atoms with Crippen molar-refractivity contribution in [2.75, 3.05) is 35.2 Å². The highest BCUT2D eigenvalue weighted by Crippen LogP contribution is 2.28. The smallest absolute Gasteiger partial charge is 0.407 e. The number of nitrogens with one attached hydrogen (secondary N) is 4. The van der Waals surface area contributed by atoms with Crippen molar-refractivity contribution >= 4 is 96.8 Å². The third-order valence-electron chi connectivity index (χ3n) is 6.32. The standard InChI is InChI=1S/C17H20N4O8S2.C10H7N3O4S.C7H14ClNO4S/c1-17(2,3)28-16(23)18-8-9-31(26,27)29-12-7-5-4-6-11(12)14(22)20-15-19-10-13(30-15)21(24)25;14-7-4-2-1-3-6(7)9(15)12-10-11-5-8(18-10)13(16)17;1-7(2,3)13-6(10)9-4-5-14(8,11)12/h4-7,10H,8-9H2,1-3H3,(H,18,23)(H,19,20,22);1-5,14H,(H,11,12,15);4-5H2,1-3H3,(H,9,10).